The highest BCUT2D eigenvalue weighted by atomic mass is 16.2. The zero-order valence-electron chi connectivity index (χ0n) is 38.1. The van der Waals surface area contributed by atoms with E-state index in [4.69, 9.17) is 0 Å². The Morgan fingerprint density at radius 3 is 0.852 bits per heavy atom. The first-order chi connectivity index (χ1) is 28.6. The van der Waals surface area contributed by atoms with Gasteiger partial charge < -0.3 is 26.2 Å². The first-order valence-electron chi connectivity index (χ1n) is 21.4. The van der Waals surface area contributed by atoms with Crippen LogP contribution in [-0.4, -0.2) is 196 Å². The number of amides is 5. The molecule has 0 spiro atoms. The van der Waals surface area contributed by atoms with Crippen LogP contribution in [0, 0.1) is 27.1 Å². The van der Waals surface area contributed by atoms with Crippen molar-refractivity contribution in [2.24, 2.45) is 52.6 Å². The molecule has 4 N–H and O–H groups in total. The number of piperidine rings is 5. The Balaban J connectivity index is 0.000000128. The molecule has 0 aromatic carbocycles. The largest absolute Gasteiger partial charge is 0.315 e. The molecular formula is C41H67N15O5. The molecule has 10 aliphatic rings. The SMILES string of the molecule is CN1CCC2=NN(C)C(=O)C2(C)C1.CN1N=C2CCNCC2(C)C1=O.CN1N=C2CCNCC2(C)C1=O.CN1N=C2CCNC[C@]2(C)C1=O.CN1N=C2CCNC[C@]2(C)C1=O. The monoisotopic (exact) mass is 850 g/mol. The lowest BCUT2D eigenvalue weighted by Crippen LogP contribution is -2.49. The van der Waals surface area contributed by atoms with E-state index in [1.807, 2.05) is 41.7 Å². The molecule has 336 valence electrons. The van der Waals surface area contributed by atoms with E-state index in [0.29, 0.717) is 0 Å². The van der Waals surface area contributed by atoms with Gasteiger partial charge in [0.1, 0.15) is 27.1 Å². The summed E-state index contributed by atoms with van der Waals surface area (Å²) in [6.45, 7) is 18.3. The van der Waals surface area contributed by atoms with Crippen LogP contribution in [0.3, 0.4) is 0 Å². The van der Waals surface area contributed by atoms with Crippen LogP contribution in [-0.2, 0) is 24.0 Å². The second kappa shape index (κ2) is 17.3. The summed E-state index contributed by atoms with van der Waals surface area (Å²) >= 11 is 0. The van der Waals surface area contributed by atoms with Crippen LogP contribution >= 0.6 is 0 Å². The Bertz CT molecular complexity index is 1750. The summed E-state index contributed by atoms with van der Waals surface area (Å²) in [7, 11) is 10.7. The number of carbonyl (C=O) groups is 5. The number of hydrazone groups is 5. The van der Waals surface area contributed by atoms with Crippen molar-refractivity contribution in [1.29, 1.82) is 0 Å². The van der Waals surface area contributed by atoms with Gasteiger partial charge in [-0.2, -0.15) is 25.5 Å². The third-order valence-corrected chi connectivity index (χ3v) is 13.8. The van der Waals surface area contributed by atoms with E-state index >= 15 is 0 Å². The van der Waals surface area contributed by atoms with E-state index in [0.717, 1.165) is 126 Å². The quantitative estimate of drug-likeness (QED) is 0.243. The molecule has 0 aromatic heterocycles. The highest BCUT2D eigenvalue weighted by Crippen LogP contribution is 2.35. The molecule has 5 atom stereocenters. The molecule has 10 heterocycles. The zero-order valence-corrected chi connectivity index (χ0v) is 38.1. The van der Waals surface area contributed by atoms with Gasteiger partial charge >= 0.3 is 0 Å². The maximum absolute atomic E-state index is 11.8. The smallest absolute Gasteiger partial charge is 0.255 e. The fraction of sp³-hybridized carbons (Fsp3) is 0.756. The van der Waals surface area contributed by atoms with E-state index < -0.39 is 0 Å². The second-order valence-electron chi connectivity index (χ2n) is 18.7. The molecule has 0 saturated carbocycles. The lowest BCUT2D eigenvalue weighted by molar-refractivity contribution is -0.135. The van der Waals surface area contributed by atoms with Crippen LogP contribution in [0.15, 0.2) is 25.5 Å². The molecule has 0 bridgehead atoms. The molecule has 10 aliphatic heterocycles. The van der Waals surface area contributed by atoms with Crippen LogP contribution in [0.1, 0.15) is 66.7 Å². The second-order valence-corrected chi connectivity index (χ2v) is 18.7. The van der Waals surface area contributed by atoms with Crippen molar-refractivity contribution in [3.8, 4) is 0 Å². The van der Waals surface area contributed by atoms with Gasteiger partial charge in [0.2, 0.25) is 0 Å². The predicted molar refractivity (Wildman–Crippen MR) is 234 cm³/mol. The third-order valence-electron chi connectivity index (χ3n) is 13.8. The Morgan fingerprint density at radius 1 is 0.377 bits per heavy atom. The molecule has 61 heavy (non-hydrogen) atoms. The number of nitrogens with one attached hydrogen (secondary N) is 4. The van der Waals surface area contributed by atoms with Crippen molar-refractivity contribution in [1.82, 2.24) is 51.2 Å². The van der Waals surface area contributed by atoms with Crippen LogP contribution in [0.2, 0.25) is 0 Å². The predicted octanol–water partition coefficient (Wildman–Crippen LogP) is -0.588. The summed E-state index contributed by atoms with van der Waals surface area (Å²) in [6, 6.07) is 0. The number of rotatable bonds is 0. The van der Waals surface area contributed by atoms with Crippen LogP contribution in [0.25, 0.3) is 0 Å². The van der Waals surface area contributed by atoms with Crippen molar-refractivity contribution < 1.29 is 24.0 Å². The average molecular weight is 850 g/mol. The topological polar surface area (TPSA) is 215 Å². The van der Waals surface area contributed by atoms with Crippen molar-refractivity contribution in [3.05, 3.63) is 0 Å². The van der Waals surface area contributed by atoms with Crippen molar-refractivity contribution >= 4 is 58.1 Å². The fourth-order valence-corrected chi connectivity index (χ4v) is 9.68. The highest BCUT2D eigenvalue weighted by molar-refractivity contribution is 6.15. The molecule has 3 unspecified atom stereocenters. The maximum atomic E-state index is 11.8. The number of nitrogens with zero attached hydrogens (tertiary/aromatic N) is 11. The molecule has 0 radical (unpaired) electrons. The Morgan fingerprint density at radius 2 is 0.607 bits per heavy atom. The fourth-order valence-electron chi connectivity index (χ4n) is 9.68. The summed E-state index contributed by atoms with van der Waals surface area (Å²) in [5, 5.41) is 41.4. The van der Waals surface area contributed by atoms with Crippen molar-refractivity contribution in [3.63, 3.8) is 0 Å². The molecule has 20 nitrogen and oxygen atoms in total. The van der Waals surface area contributed by atoms with Crippen molar-refractivity contribution in [2.75, 3.05) is 108 Å². The first kappa shape index (κ1) is 46.0. The maximum Gasteiger partial charge on any atom is 0.255 e. The number of fused-ring (bicyclic) bond motifs is 5. The number of likely N-dealkylation sites (tertiary alicyclic amines) is 1. The van der Waals surface area contributed by atoms with E-state index in [2.05, 4.69) is 51.7 Å². The molecule has 0 aromatic rings. The van der Waals surface area contributed by atoms with Gasteiger partial charge in [-0.05, 0) is 41.7 Å². The molecule has 0 aliphatic carbocycles. The van der Waals surface area contributed by atoms with E-state index in [1.54, 1.807) is 35.2 Å². The lowest BCUT2D eigenvalue weighted by atomic mass is 9.80. The minimum absolute atomic E-state index is 0.115. The van der Waals surface area contributed by atoms with Gasteiger partial charge in [-0.25, -0.2) is 25.0 Å². The number of hydrogen-bond acceptors (Lipinski definition) is 15. The first-order valence-corrected chi connectivity index (χ1v) is 21.4. The molecule has 5 fully saturated rings. The zero-order chi connectivity index (χ0) is 44.7. The van der Waals surface area contributed by atoms with Crippen LogP contribution in [0.5, 0.6) is 0 Å². The average Bonchev–Trinajstić information content (AvgIpc) is 3.87. The van der Waals surface area contributed by atoms with Crippen LogP contribution < -0.4 is 21.3 Å². The standard InChI is InChI=1S/C9H15N3O.4C8H13N3O/c1-9-6-11(2)5-4-7(9)10-12(3)8(9)13;4*1-8-5-9-4-3-6(8)10-11(2)7(8)12/h4-6H2,1-3H3;4*9H,3-5H2,1-2H3/t;2*8-;;/m.00../s1. The lowest BCUT2D eigenvalue weighted by Gasteiger charge is -2.34. The van der Waals surface area contributed by atoms with Gasteiger partial charge in [-0.1, -0.05) is 0 Å². The summed E-state index contributed by atoms with van der Waals surface area (Å²) in [5.41, 5.74) is 3.44. The normalized spacial score (nSPS) is 35.0. The molecule has 5 saturated heterocycles. The number of hydrogen-bond donors (Lipinski definition) is 4. The minimum atomic E-state index is -0.354. The van der Waals surface area contributed by atoms with E-state index in [-0.39, 0.29) is 56.6 Å². The van der Waals surface area contributed by atoms with Gasteiger partial charge in [0.25, 0.3) is 29.5 Å². The highest BCUT2D eigenvalue weighted by Gasteiger charge is 2.51. The van der Waals surface area contributed by atoms with Crippen LogP contribution in [0.4, 0.5) is 0 Å². The summed E-state index contributed by atoms with van der Waals surface area (Å²) in [6.07, 6.45) is 4.50. The Labute approximate surface area is 359 Å². The van der Waals surface area contributed by atoms with E-state index in [9.17, 15) is 24.0 Å². The van der Waals surface area contributed by atoms with Gasteiger partial charge in [0.05, 0.1) is 28.6 Å². The van der Waals surface area contributed by atoms with Gasteiger partial charge in [0, 0.05) is 133 Å². The summed E-state index contributed by atoms with van der Waals surface area (Å²) in [5.74, 6) is 0.595. The minimum Gasteiger partial charge on any atom is -0.315 e. The summed E-state index contributed by atoms with van der Waals surface area (Å²) < 4.78 is 0. The molecular weight excluding hydrogens is 783 g/mol. The summed E-state index contributed by atoms with van der Waals surface area (Å²) in [4.78, 5) is 60.5. The van der Waals surface area contributed by atoms with Gasteiger partial charge in [-0.15, -0.1) is 0 Å². The van der Waals surface area contributed by atoms with E-state index in [1.165, 1.54) is 25.0 Å². The molecule has 5 amide bonds. The van der Waals surface area contributed by atoms with Crippen molar-refractivity contribution in [2.45, 2.75) is 66.7 Å². The Hall–Kier alpha value is -4.50. The number of carbonyl (C=O) groups excluding carboxylic acids is 5. The van der Waals surface area contributed by atoms with Gasteiger partial charge in [0.15, 0.2) is 0 Å². The van der Waals surface area contributed by atoms with Gasteiger partial charge in [-0.3, -0.25) is 24.0 Å². The third kappa shape index (κ3) is 8.40. The Kier molecular flexibility index (Phi) is 13.1. The molecule has 10 rings (SSSR count). The molecule has 20 heteroatoms.